The minimum absolute atomic E-state index is 0.167. The summed E-state index contributed by atoms with van der Waals surface area (Å²) in [6, 6.07) is 8.46. The number of alkyl halides is 3. The average molecular weight is 312 g/mol. The third kappa shape index (κ3) is 2.76. The zero-order valence-corrected chi connectivity index (χ0v) is 12.7. The number of piperidine rings is 1. The fourth-order valence-corrected chi connectivity index (χ4v) is 4.04. The summed E-state index contributed by atoms with van der Waals surface area (Å²) in [6.07, 6.45) is -1.39. The number of benzene rings is 1. The maximum absolute atomic E-state index is 14.0. The van der Waals surface area contributed by atoms with Gasteiger partial charge in [0.2, 0.25) is 0 Å². The van der Waals surface area contributed by atoms with E-state index in [4.69, 9.17) is 0 Å². The molecule has 0 aliphatic carbocycles. The molecule has 0 saturated carbocycles. The summed E-state index contributed by atoms with van der Waals surface area (Å²) in [4.78, 5) is 1.69. The fraction of sp³-hybridized carbons (Fsp3) is 0.647. The summed E-state index contributed by atoms with van der Waals surface area (Å²) in [5.74, 6) is 0.317. The van der Waals surface area contributed by atoms with Gasteiger partial charge < -0.3 is 5.32 Å². The van der Waals surface area contributed by atoms with Gasteiger partial charge in [-0.25, -0.2) is 0 Å². The van der Waals surface area contributed by atoms with Crippen LogP contribution in [-0.4, -0.2) is 37.3 Å². The molecule has 0 aromatic heterocycles. The van der Waals surface area contributed by atoms with Gasteiger partial charge >= 0.3 is 6.18 Å². The zero-order chi connectivity index (χ0) is 15.6. The highest BCUT2D eigenvalue weighted by molar-refractivity contribution is 5.28. The molecule has 1 aromatic carbocycles. The van der Waals surface area contributed by atoms with Crippen LogP contribution in [0.2, 0.25) is 0 Å². The molecular formula is C17H23F3N2. The van der Waals surface area contributed by atoms with Gasteiger partial charge in [0.15, 0.2) is 0 Å². The van der Waals surface area contributed by atoms with Crippen molar-refractivity contribution in [2.24, 2.45) is 5.92 Å². The second kappa shape index (κ2) is 6.20. The molecular weight excluding hydrogens is 289 g/mol. The molecule has 2 aliphatic heterocycles. The lowest BCUT2D eigenvalue weighted by Crippen LogP contribution is -2.54. The Kier molecular flexibility index (Phi) is 4.46. The first kappa shape index (κ1) is 15.8. The van der Waals surface area contributed by atoms with E-state index in [1.54, 1.807) is 35.2 Å². The largest absolute Gasteiger partial charge is 0.411 e. The maximum atomic E-state index is 14.0. The lowest BCUT2D eigenvalue weighted by Gasteiger charge is -2.42. The smallest absolute Gasteiger partial charge is 0.316 e. The molecule has 0 bridgehead atoms. The summed E-state index contributed by atoms with van der Waals surface area (Å²) in [5, 5.41) is 3.31. The summed E-state index contributed by atoms with van der Waals surface area (Å²) in [6.45, 7) is 2.88. The first-order valence-corrected chi connectivity index (χ1v) is 8.12. The molecule has 22 heavy (non-hydrogen) atoms. The van der Waals surface area contributed by atoms with E-state index in [0.29, 0.717) is 31.0 Å². The van der Waals surface area contributed by atoms with Crippen molar-refractivity contribution in [1.29, 1.82) is 0 Å². The zero-order valence-electron chi connectivity index (χ0n) is 12.7. The molecule has 2 aliphatic rings. The van der Waals surface area contributed by atoms with Crippen molar-refractivity contribution in [3.8, 4) is 0 Å². The van der Waals surface area contributed by atoms with Gasteiger partial charge in [0.25, 0.3) is 0 Å². The second-order valence-electron chi connectivity index (χ2n) is 6.49. The highest BCUT2D eigenvalue weighted by Crippen LogP contribution is 2.50. The lowest BCUT2D eigenvalue weighted by molar-refractivity contribution is -0.230. The van der Waals surface area contributed by atoms with Crippen molar-refractivity contribution in [3.05, 3.63) is 35.9 Å². The standard InChI is InChI=1S/C17H23F3N2/c18-17(19,20)16(15-7-2-1-3-8-15)9-5-11-22(16)13-14-6-4-10-21-12-14/h1-3,7-8,14,21H,4-6,9-13H2. The Morgan fingerprint density at radius 3 is 2.59 bits per heavy atom. The molecule has 0 spiro atoms. The van der Waals surface area contributed by atoms with E-state index in [-0.39, 0.29) is 6.42 Å². The first-order valence-electron chi connectivity index (χ1n) is 8.12. The number of nitrogens with one attached hydrogen (secondary N) is 1. The van der Waals surface area contributed by atoms with Gasteiger partial charge in [0.1, 0.15) is 5.54 Å². The van der Waals surface area contributed by atoms with Crippen molar-refractivity contribution < 1.29 is 13.2 Å². The SMILES string of the molecule is FC(F)(F)C1(c2ccccc2)CCCN1CC1CCCNC1. The third-order valence-corrected chi connectivity index (χ3v) is 5.10. The van der Waals surface area contributed by atoms with Gasteiger partial charge in [-0.05, 0) is 56.8 Å². The van der Waals surface area contributed by atoms with E-state index in [1.807, 2.05) is 0 Å². The summed E-state index contributed by atoms with van der Waals surface area (Å²) in [7, 11) is 0. The van der Waals surface area contributed by atoms with E-state index in [9.17, 15) is 13.2 Å². The molecule has 122 valence electrons. The molecule has 0 radical (unpaired) electrons. The van der Waals surface area contributed by atoms with Crippen LogP contribution in [0.25, 0.3) is 0 Å². The van der Waals surface area contributed by atoms with Crippen LogP contribution >= 0.6 is 0 Å². The lowest BCUT2D eigenvalue weighted by atomic mass is 9.85. The van der Waals surface area contributed by atoms with Crippen LogP contribution in [0, 0.1) is 5.92 Å². The number of halogens is 3. The molecule has 3 rings (SSSR count). The quantitative estimate of drug-likeness (QED) is 0.918. The van der Waals surface area contributed by atoms with Crippen LogP contribution in [0.3, 0.4) is 0 Å². The maximum Gasteiger partial charge on any atom is 0.411 e. The van der Waals surface area contributed by atoms with Crippen LogP contribution in [-0.2, 0) is 5.54 Å². The normalized spacial score (nSPS) is 30.6. The van der Waals surface area contributed by atoms with Crippen LogP contribution in [0.15, 0.2) is 30.3 Å². The summed E-state index contributed by atoms with van der Waals surface area (Å²) < 4.78 is 42.1. The monoisotopic (exact) mass is 312 g/mol. The van der Waals surface area contributed by atoms with Gasteiger partial charge in [0.05, 0.1) is 0 Å². The van der Waals surface area contributed by atoms with Crippen LogP contribution in [0.1, 0.15) is 31.2 Å². The van der Waals surface area contributed by atoms with E-state index in [0.717, 1.165) is 25.9 Å². The number of rotatable bonds is 3. The predicted molar refractivity (Wildman–Crippen MR) is 80.6 cm³/mol. The van der Waals surface area contributed by atoms with E-state index in [2.05, 4.69) is 5.32 Å². The molecule has 2 fully saturated rings. The Balaban J connectivity index is 1.90. The molecule has 2 nitrogen and oxygen atoms in total. The summed E-state index contributed by atoms with van der Waals surface area (Å²) in [5.41, 5.74) is -1.41. The van der Waals surface area contributed by atoms with Crippen LogP contribution < -0.4 is 5.32 Å². The van der Waals surface area contributed by atoms with E-state index >= 15 is 0 Å². The average Bonchev–Trinajstić information content (AvgIpc) is 2.93. The number of hydrogen-bond donors (Lipinski definition) is 1. The molecule has 2 unspecified atom stereocenters. The van der Waals surface area contributed by atoms with E-state index in [1.165, 1.54) is 0 Å². The molecule has 1 aromatic rings. The minimum Gasteiger partial charge on any atom is -0.316 e. The molecule has 2 atom stereocenters. The fourth-order valence-electron chi connectivity index (χ4n) is 4.04. The number of hydrogen-bond acceptors (Lipinski definition) is 2. The number of likely N-dealkylation sites (tertiary alicyclic amines) is 1. The van der Waals surface area contributed by atoms with Crippen molar-refractivity contribution in [3.63, 3.8) is 0 Å². The third-order valence-electron chi connectivity index (χ3n) is 5.10. The van der Waals surface area contributed by atoms with Gasteiger partial charge in [-0.2, -0.15) is 13.2 Å². The van der Waals surface area contributed by atoms with Gasteiger partial charge in [0, 0.05) is 6.54 Å². The molecule has 0 amide bonds. The predicted octanol–water partition coefficient (Wildman–Crippen LogP) is 3.54. The van der Waals surface area contributed by atoms with Crippen molar-refractivity contribution in [2.45, 2.75) is 37.4 Å². The Hall–Kier alpha value is -1.07. The van der Waals surface area contributed by atoms with Crippen molar-refractivity contribution in [2.75, 3.05) is 26.2 Å². The Labute approximate surface area is 129 Å². The van der Waals surface area contributed by atoms with Crippen LogP contribution in [0.4, 0.5) is 13.2 Å². The molecule has 2 saturated heterocycles. The van der Waals surface area contributed by atoms with Gasteiger partial charge in [-0.1, -0.05) is 30.3 Å². The molecule has 2 heterocycles. The van der Waals surface area contributed by atoms with Crippen molar-refractivity contribution in [1.82, 2.24) is 10.2 Å². The highest BCUT2D eigenvalue weighted by atomic mass is 19.4. The van der Waals surface area contributed by atoms with Gasteiger partial charge in [-0.15, -0.1) is 0 Å². The van der Waals surface area contributed by atoms with Crippen LogP contribution in [0.5, 0.6) is 0 Å². The molecule has 1 N–H and O–H groups in total. The first-order chi connectivity index (χ1) is 10.5. The van der Waals surface area contributed by atoms with Crippen molar-refractivity contribution >= 4 is 0 Å². The van der Waals surface area contributed by atoms with E-state index < -0.39 is 11.7 Å². The Morgan fingerprint density at radius 2 is 1.95 bits per heavy atom. The molecule has 5 heteroatoms. The topological polar surface area (TPSA) is 15.3 Å². The Bertz CT molecular complexity index is 482. The second-order valence-corrected chi connectivity index (χ2v) is 6.49. The number of nitrogens with zero attached hydrogens (tertiary/aromatic N) is 1. The summed E-state index contributed by atoms with van der Waals surface area (Å²) >= 11 is 0. The Morgan fingerprint density at radius 1 is 1.18 bits per heavy atom. The van der Waals surface area contributed by atoms with Gasteiger partial charge in [-0.3, -0.25) is 4.90 Å². The highest BCUT2D eigenvalue weighted by Gasteiger charge is 2.61. The minimum atomic E-state index is -4.24.